The zero-order valence-corrected chi connectivity index (χ0v) is 11.9. The molecule has 1 aliphatic rings. The molecule has 0 amide bonds. The molecule has 0 saturated carbocycles. The van der Waals surface area contributed by atoms with Crippen molar-refractivity contribution in [2.24, 2.45) is 11.1 Å². The van der Waals surface area contributed by atoms with Crippen molar-refractivity contribution < 1.29 is 0 Å². The van der Waals surface area contributed by atoms with E-state index >= 15 is 0 Å². The monoisotopic (exact) mass is 253 g/mol. The van der Waals surface area contributed by atoms with Gasteiger partial charge in [0.2, 0.25) is 0 Å². The first-order valence-corrected chi connectivity index (χ1v) is 7.32. The second-order valence-corrected chi connectivity index (χ2v) is 6.53. The molecule has 1 aromatic heterocycles. The largest absolute Gasteiger partial charge is 0.348 e. The van der Waals surface area contributed by atoms with Gasteiger partial charge in [0.1, 0.15) is 0 Å². The molecule has 2 N–H and O–H groups in total. The van der Waals surface area contributed by atoms with E-state index in [-0.39, 0.29) is 6.04 Å². The molecule has 0 aliphatic carbocycles. The van der Waals surface area contributed by atoms with Crippen LogP contribution in [0, 0.1) is 5.41 Å². The van der Waals surface area contributed by atoms with Crippen LogP contribution < -0.4 is 10.6 Å². The number of aromatic nitrogens is 1. The van der Waals surface area contributed by atoms with E-state index in [9.17, 15) is 0 Å². The predicted molar refractivity (Wildman–Crippen MR) is 74.6 cm³/mol. The minimum Gasteiger partial charge on any atom is -0.348 e. The molecular weight excluding hydrogens is 230 g/mol. The molecule has 1 aromatic rings. The van der Waals surface area contributed by atoms with Crippen molar-refractivity contribution in [2.75, 3.05) is 18.0 Å². The highest BCUT2D eigenvalue weighted by molar-refractivity contribution is 7.15. The molecule has 1 aliphatic heterocycles. The van der Waals surface area contributed by atoms with Crippen molar-refractivity contribution in [3.05, 3.63) is 11.1 Å². The molecule has 2 rings (SSSR count). The SMILES string of the molecule is CCC1(C)CCN(c2ncc(C(C)N)s2)CC1. The smallest absolute Gasteiger partial charge is 0.185 e. The van der Waals surface area contributed by atoms with Crippen molar-refractivity contribution in [3.8, 4) is 0 Å². The maximum Gasteiger partial charge on any atom is 0.185 e. The molecule has 0 bridgehead atoms. The van der Waals surface area contributed by atoms with Crippen molar-refractivity contribution in [1.82, 2.24) is 4.98 Å². The number of anilines is 1. The lowest BCUT2D eigenvalue weighted by Crippen LogP contribution is -2.38. The Kier molecular flexibility index (Phi) is 3.73. The van der Waals surface area contributed by atoms with Gasteiger partial charge < -0.3 is 10.6 Å². The molecule has 2 heterocycles. The Morgan fingerprint density at radius 3 is 2.65 bits per heavy atom. The van der Waals surface area contributed by atoms with Gasteiger partial charge in [0.15, 0.2) is 5.13 Å². The molecule has 0 spiro atoms. The van der Waals surface area contributed by atoms with Crippen LogP contribution in [0.25, 0.3) is 0 Å². The highest BCUT2D eigenvalue weighted by atomic mass is 32.1. The van der Waals surface area contributed by atoms with Gasteiger partial charge in [-0.05, 0) is 25.2 Å². The molecule has 96 valence electrons. The third kappa shape index (κ3) is 2.80. The molecule has 1 atom stereocenters. The van der Waals surface area contributed by atoms with E-state index in [1.54, 1.807) is 11.3 Å². The topological polar surface area (TPSA) is 42.2 Å². The van der Waals surface area contributed by atoms with Crippen LogP contribution in [0.3, 0.4) is 0 Å². The number of hydrogen-bond donors (Lipinski definition) is 1. The fourth-order valence-electron chi connectivity index (χ4n) is 2.23. The van der Waals surface area contributed by atoms with Crippen LogP contribution in [0.5, 0.6) is 0 Å². The van der Waals surface area contributed by atoms with Crippen molar-refractivity contribution in [3.63, 3.8) is 0 Å². The fourth-order valence-corrected chi connectivity index (χ4v) is 3.14. The first-order chi connectivity index (χ1) is 8.04. The van der Waals surface area contributed by atoms with Crippen LogP contribution in [0.4, 0.5) is 5.13 Å². The normalized spacial score (nSPS) is 21.5. The Labute approximate surface area is 108 Å². The maximum atomic E-state index is 5.87. The fraction of sp³-hybridized carbons (Fsp3) is 0.769. The minimum absolute atomic E-state index is 0.104. The summed E-state index contributed by atoms with van der Waals surface area (Å²) < 4.78 is 0. The Hall–Kier alpha value is -0.610. The van der Waals surface area contributed by atoms with Crippen LogP contribution in [0.1, 0.15) is 51.0 Å². The average molecular weight is 253 g/mol. The average Bonchev–Trinajstić information content (AvgIpc) is 2.79. The summed E-state index contributed by atoms with van der Waals surface area (Å²) in [5.41, 5.74) is 6.41. The van der Waals surface area contributed by atoms with Gasteiger partial charge >= 0.3 is 0 Å². The van der Waals surface area contributed by atoms with Gasteiger partial charge in [0.05, 0.1) is 0 Å². The van der Waals surface area contributed by atoms with Gasteiger partial charge in [-0.25, -0.2) is 4.98 Å². The zero-order valence-electron chi connectivity index (χ0n) is 11.1. The van der Waals surface area contributed by atoms with Crippen LogP contribution >= 0.6 is 11.3 Å². The molecule has 0 radical (unpaired) electrons. The van der Waals surface area contributed by atoms with E-state index < -0.39 is 0 Å². The number of piperidine rings is 1. The second-order valence-electron chi connectivity index (χ2n) is 5.49. The van der Waals surface area contributed by atoms with E-state index in [4.69, 9.17) is 5.73 Å². The Morgan fingerprint density at radius 1 is 1.53 bits per heavy atom. The van der Waals surface area contributed by atoms with Crippen LogP contribution in [0.2, 0.25) is 0 Å². The molecule has 17 heavy (non-hydrogen) atoms. The molecular formula is C13H23N3S. The molecule has 1 fully saturated rings. The van der Waals surface area contributed by atoms with Crippen molar-refractivity contribution >= 4 is 16.5 Å². The first-order valence-electron chi connectivity index (χ1n) is 6.50. The van der Waals surface area contributed by atoms with E-state index in [2.05, 4.69) is 23.7 Å². The summed E-state index contributed by atoms with van der Waals surface area (Å²) >= 11 is 1.75. The van der Waals surface area contributed by atoms with Gasteiger partial charge in [-0.15, -0.1) is 11.3 Å². The highest BCUT2D eigenvalue weighted by Crippen LogP contribution is 2.37. The number of nitrogens with two attached hydrogens (primary N) is 1. The first kappa shape index (κ1) is 12.8. The summed E-state index contributed by atoms with van der Waals surface area (Å²) in [5.74, 6) is 0. The van der Waals surface area contributed by atoms with Gasteiger partial charge in [0.25, 0.3) is 0 Å². The summed E-state index contributed by atoms with van der Waals surface area (Å²) in [6, 6.07) is 0.104. The van der Waals surface area contributed by atoms with Crippen LogP contribution in [0.15, 0.2) is 6.20 Å². The Bertz CT molecular complexity index is 364. The molecule has 0 aromatic carbocycles. The number of nitrogens with zero attached hydrogens (tertiary/aromatic N) is 2. The number of thiazole rings is 1. The lowest BCUT2D eigenvalue weighted by Gasteiger charge is -2.38. The third-order valence-electron chi connectivity index (χ3n) is 4.05. The second kappa shape index (κ2) is 4.94. The van der Waals surface area contributed by atoms with Crippen LogP contribution in [-0.2, 0) is 0 Å². The van der Waals surface area contributed by atoms with Crippen LogP contribution in [-0.4, -0.2) is 18.1 Å². The van der Waals surface area contributed by atoms with E-state index in [0.717, 1.165) is 18.2 Å². The quantitative estimate of drug-likeness (QED) is 0.899. The lowest BCUT2D eigenvalue weighted by molar-refractivity contribution is 0.238. The Morgan fingerprint density at radius 2 is 2.18 bits per heavy atom. The van der Waals surface area contributed by atoms with Crippen molar-refractivity contribution in [2.45, 2.75) is 46.1 Å². The van der Waals surface area contributed by atoms with E-state index in [0.29, 0.717) is 5.41 Å². The Balaban J connectivity index is 2.00. The summed E-state index contributed by atoms with van der Waals surface area (Å²) in [6.45, 7) is 8.99. The van der Waals surface area contributed by atoms with Gasteiger partial charge in [-0.3, -0.25) is 0 Å². The van der Waals surface area contributed by atoms with E-state index in [1.807, 2.05) is 13.1 Å². The molecule has 3 nitrogen and oxygen atoms in total. The number of hydrogen-bond acceptors (Lipinski definition) is 4. The molecule has 1 saturated heterocycles. The van der Waals surface area contributed by atoms with E-state index in [1.165, 1.54) is 24.1 Å². The zero-order chi connectivity index (χ0) is 12.5. The lowest BCUT2D eigenvalue weighted by atomic mass is 9.78. The summed E-state index contributed by atoms with van der Waals surface area (Å²) in [6.07, 6.45) is 5.76. The van der Waals surface area contributed by atoms with Gasteiger partial charge in [0, 0.05) is 30.2 Å². The predicted octanol–water partition coefficient (Wildman–Crippen LogP) is 3.18. The maximum absolute atomic E-state index is 5.87. The summed E-state index contributed by atoms with van der Waals surface area (Å²) in [4.78, 5) is 8.09. The standard InChI is InChI=1S/C13H23N3S/c1-4-13(3)5-7-16(8-6-13)12-15-9-11(17-12)10(2)14/h9-10H,4-8,14H2,1-3H3. The highest BCUT2D eigenvalue weighted by Gasteiger charge is 2.29. The minimum atomic E-state index is 0.104. The van der Waals surface area contributed by atoms with Crippen molar-refractivity contribution in [1.29, 1.82) is 0 Å². The third-order valence-corrected chi connectivity index (χ3v) is 5.31. The van der Waals surface area contributed by atoms with Gasteiger partial charge in [-0.1, -0.05) is 20.3 Å². The summed E-state index contributed by atoms with van der Waals surface area (Å²) in [7, 11) is 0. The number of rotatable bonds is 3. The molecule has 1 unspecified atom stereocenters. The van der Waals surface area contributed by atoms with Gasteiger partial charge in [-0.2, -0.15) is 0 Å². The summed E-state index contributed by atoms with van der Waals surface area (Å²) in [5, 5.41) is 1.15. The molecule has 4 heteroatoms.